The molecule has 6 heteroatoms. The van der Waals surface area contributed by atoms with Gasteiger partial charge in [0.05, 0.1) is 18.7 Å². The summed E-state index contributed by atoms with van der Waals surface area (Å²) in [5, 5.41) is 14.0. The summed E-state index contributed by atoms with van der Waals surface area (Å²) in [4.78, 5) is 24.5. The molecule has 1 N–H and O–H groups in total. The minimum atomic E-state index is -0.399. The Hall–Kier alpha value is -2.47. The van der Waals surface area contributed by atoms with Crippen LogP contribution in [-0.4, -0.2) is 33.3 Å². The number of rotatable bonds is 3. The average molecular weight is 257 g/mol. The number of nitrogens with zero attached hydrogens (tertiary/aromatic N) is 3. The molecule has 0 fully saturated rings. The molecule has 6 nitrogen and oxygen atoms in total. The number of imide groups is 1. The summed E-state index contributed by atoms with van der Waals surface area (Å²) in [6.45, 7) is 0.245. The van der Waals surface area contributed by atoms with Crippen molar-refractivity contribution >= 4 is 28.5 Å². The second-order valence-electron chi connectivity index (χ2n) is 4.13. The molecule has 0 unspecified atom stereocenters. The normalized spacial score (nSPS) is 14.9. The third-order valence-electron chi connectivity index (χ3n) is 2.97. The molecule has 1 aliphatic heterocycles. The number of aromatic nitrogens is 2. The van der Waals surface area contributed by atoms with E-state index in [1.165, 1.54) is 12.2 Å². The maximum atomic E-state index is 11.7. The van der Waals surface area contributed by atoms with Crippen LogP contribution in [0.5, 0.6) is 0 Å². The van der Waals surface area contributed by atoms with Crippen molar-refractivity contribution < 1.29 is 14.7 Å². The molecule has 1 aromatic carbocycles. The second-order valence-corrected chi connectivity index (χ2v) is 4.13. The molecular weight excluding hydrogens is 246 g/mol. The maximum absolute atomic E-state index is 11.7. The number of carbonyl (C=O) groups is 2. The van der Waals surface area contributed by atoms with Crippen LogP contribution in [0.15, 0.2) is 36.4 Å². The summed E-state index contributed by atoms with van der Waals surface area (Å²) in [6.07, 6.45) is 2.45. The van der Waals surface area contributed by atoms with Crippen LogP contribution in [0.2, 0.25) is 0 Å². The van der Waals surface area contributed by atoms with Crippen LogP contribution in [0.4, 0.5) is 5.82 Å². The van der Waals surface area contributed by atoms with Gasteiger partial charge in [0, 0.05) is 17.5 Å². The van der Waals surface area contributed by atoms with Gasteiger partial charge in [0.15, 0.2) is 5.82 Å². The molecule has 96 valence electrons. The highest BCUT2D eigenvalue weighted by Crippen LogP contribution is 2.27. The van der Waals surface area contributed by atoms with E-state index in [1.54, 1.807) is 10.7 Å². The number of hydrogen-bond donors (Lipinski definition) is 1. The fraction of sp³-hybridized carbons (Fsp3) is 0.154. The minimum absolute atomic E-state index is 0.0642. The Morgan fingerprint density at radius 3 is 2.47 bits per heavy atom. The number of carbonyl (C=O) groups excluding carboxylic acids is 2. The molecule has 0 aliphatic carbocycles. The van der Waals surface area contributed by atoms with E-state index in [2.05, 4.69) is 5.10 Å². The topological polar surface area (TPSA) is 75.4 Å². The number of aliphatic hydroxyl groups is 1. The van der Waals surface area contributed by atoms with Gasteiger partial charge in [-0.25, -0.2) is 4.90 Å². The fourth-order valence-corrected chi connectivity index (χ4v) is 2.15. The van der Waals surface area contributed by atoms with Gasteiger partial charge in [-0.05, 0) is 12.1 Å². The number of benzene rings is 1. The molecule has 1 aromatic heterocycles. The summed E-state index contributed by atoms with van der Waals surface area (Å²) in [7, 11) is 0. The Kier molecular flexibility index (Phi) is 2.64. The van der Waals surface area contributed by atoms with Crippen molar-refractivity contribution in [1.82, 2.24) is 9.78 Å². The number of amides is 2. The van der Waals surface area contributed by atoms with E-state index in [4.69, 9.17) is 5.11 Å². The van der Waals surface area contributed by atoms with Gasteiger partial charge in [-0.1, -0.05) is 12.1 Å². The standard InChI is InChI=1S/C13H11N3O3/c17-8-7-15-10-4-2-1-3-9(10)13(14-15)16-11(18)5-6-12(16)19/h1-6,17H,7-8H2. The zero-order chi connectivity index (χ0) is 13.4. The van der Waals surface area contributed by atoms with Gasteiger partial charge in [0.1, 0.15) is 0 Å². The Labute approximate surface area is 108 Å². The van der Waals surface area contributed by atoms with Crippen molar-refractivity contribution in [3.63, 3.8) is 0 Å². The minimum Gasteiger partial charge on any atom is -0.394 e. The number of anilines is 1. The van der Waals surface area contributed by atoms with Gasteiger partial charge < -0.3 is 5.11 Å². The molecule has 0 saturated heterocycles. The number of aliphatic hydroxyl groups excluding tert-OH is 1. The zero-order valence-electron chi connectivity index (χ0n) is 9.98. The smallest absolute Gasteiger partial charge is 0.259 e. The lowest BCUT2D eigenvalue weighted by molar-refractivity contribution is -0.120. The van der Waals surface area contributed by atoms with Crippen LogP contribution < -0.4 is 4.90 Å². The van der Waals surface area contributed by atoms with E-state index in [0.29, 0.717) is 17.7 Å². The molecule has 0 atom stereocenters. The first-order valence-electron chi connectivity index (χ1n) is 5.85. The third-order valence-corrected chi connectivity index (χ3v) is 2.97. The lowest BCUT2D eigenvalue weighted by Gasteiger charge is -2.10. The van der Waals surface area contributed by atoms with Gasteiger partial charge in [-0.3, -0.25) is 14.3 Å². The first-order valence-corrected chi connectivity index (χ1v) is 5.85. The van der Waals surface area contributed by atoms with Gasteiger partial charge in [0.25, 0.3) is 11.8 Å². The average Bonchev–Trinajstić information content (AvgIpc) is 2.92. The Bertz CT molecular complexity index is 684. The molecular formula is C13H11N3O3. The summed E-state index contributed by atoms with van der Waals surface area (Å²) in [6, 6.07) is 7.28. The van der Waals surface area contributed by atoms with E-state index >= 15 is 0 Å². The lowest BCUT2D eigenvalue weighted by Crippen LogP contribution is -2.30. The molecule has 2 heterocycles. The first kappa shape index (κ1) is 11.6. The highest BCUT2D eigenvalue weighted by atomic mass is 16.3. The number of hydrogen-bond acceptors (Lipinski definition) is 4. The van der Waals surface area contributed by atoms with E-state index in [0.717, 1.165) is 10.4 Å². The summed E-state index contributed by atoms with van der Waals surface area (Å²) in [5.74, 6) is -0.488. The Balaban J connectivity index is 2.19. The van der Waals surface area contributed by atoms with Crippen LogP contribution in [0.1, 0.15) is 0 Å². The van der Waals surface area contributed by atoms with Gasteiger partial charge in [-0.15, -0.1) is 0 Å². The van der Waals surface area contributed by atoms with Gasteiger partial charge in [0.2, 0.25) is 0 Å². The van der Waals surface area contributed by atoms with Crippen LogP contribution in [0.25, 0.3) is 10.9 Å². The number of para-hydroxylation sites is 1. The summed E-state index contributed by atoms with van der Waals surface area (Å²) >= 11 is 0. The van der Waals surface area contributed by atoms with Crippen molar-refractivity contribution in [2.75, 3.05) is 11.5 Å². The zero-order valence-corrected chi connectivity index (χ0v) is 9.98. The predicted molar refractivity (Wildman–Crippen MR) is 68.5 cm³/mol. The van der Waals surface area contributed by atoms with Crippen LogP contribution in [0, 0.1) is 0 Å². The largest absolute Gasteiger partial charge is 0.394 e. The van der Waals surface area contributed by atoms with E-state index in [9.17, 15) is 9.59 Å². The van der Waals surface area contributed by atoms with Crippen LogP contribution in [-0.2, 0) is 16.1 Å². The second kappa shape index (κ2) is 4.33. The molecule has 0 radical (unpaired) electrons. The summed E-state index contributed by atoms with van der Waals surface area (Å²) in [5.41, 5.74) is 0.777. The predicted octanol–water partition coefficient (Wildman–Crippen LogP) is 0.458. The van der Waals surface area contributed by atoms with Crippen molar-refractivity contribution in [3.05, 3.63) is 36.4 Å². The molecule has 2 aromatic rings. The third kappa shape index (κ3) is 1.73. The monoisotopic (exact) mass is 257 g/mol. The van der Waals surface area contributed by atoms with Crippen molar-refractivity contribution in [3.8, 4) is 0 Å². The highest BCUT2D eigenvalue weighted by Gasteiger charge is 2.29. The SMILES string of the molecule is O=C1C=CC(=O)N1c1nn(CCO)c2ccccc12. The molecule has 2 amide bonds. The van der Waals surface area contributed by atoms with Crippen molar-refractivity contribution in [2.24, 2.45) is 0 Å². The quantitative estimate of drug-likeness (QED) is 0.810. The van der Waals surface area contributed by atoms with Crippen LogP contribution >= 0.6 is 0 Å². The van der Waals surface area contributed by atoms with Crippen LogP contribution in [0.3, 0.4) is 0 Å². The molecule has 19 heavy (non-hydrogen) atoms. The Morgan fingerprint density at radius 1 is 1.11 bits per heavy atom. The van der Waals surface area contributed by atoms with Gasteiger partial charge >= 0.3 is 0 Å². The first-order chi connectivity index (χ1) is 9.22. The van der Waals surface area contributed by atoms with E-state index in [-0.39, 0.29) is 6.61 Å². The molecule has 3 rings (SSSR count). The highest BCUT2D eigenvalue weighted by molar-refractivity contribution is 6.29. The van der Waals surface area contributed by atoms with Crippen molar-refractivity contribution in [1.29, 1.82) is 0 Å². The van der Waals surface area contributed by atoms with E-state index in [1.807, 2.05) is 18.2 Å². The molecule has 0 saturated carbocycles. The fourth-order valence-electron chi connectivity index (χ4n) is 2.15. The number of fused-ring (bicyclic) bond motifs is 1. The van der Waals surface area contributed by atoms with Crippen molar-refractivity contribution in [2.45, 2.75) is 6.54 Å². The molecule has 0 spiro atoms. The van der Waals surface area contributed by atoms with Gasteiger partial charge in [-0.2, -0.15) is 5.10 Å². The molecule has 0 bridgehead atoms. The summed E-state index contributed by atoms with van der Waals surface area (Å²) < 4.78 is 1.59. The maximum Gasteiger partial charge on any atom is 0.259 e. The Morgan fingerprint density at radius 2 is 1.79 bits per heavy atom. The lowest BCUT2D eigenvalue weighted by atomic mass is 10.2. The molecule has 1 aliphatic rings. The van der Waals surface area contributed by atoms with E-state index < -0.39 is 11.8 Å².